The zero-order chi connectivity index (χ0) is 19.9. The predicted octanol–water partition coefficient (Wildman–Crippen LogP) is 1.67. The van der Waals surface area contributed by atoms with Crippen LogP contribution in [-0.2, 0) is 35.9 Å². The summed E-state index contributed by atoms with van der Waals surface area (Å²) in [7, 11) is 2.17. The number of rotatable bonds is 8. The topological polar surface area (TPSA) is 78.7 Å². The molecule has 1 aromatic heterocycles. The lowest BCUT2D eigenvalue weighted by Gasteiger charge is -2.22. The summed E-state index contributed by atoms with van der Waals surface area (Å²) in [5, 5.41) is 3.31. The first kappa shape index (κ1) is 21.0. The molecular weight excluding hydrogens is 362 g/mol. The van der Waals surface area contributed by atoms with Crippen LogP contribution >= 0.6 is 0 Å². The second-order valence-electron chi connectivity index (χ2n) is 6.42. The summed E-state index contributed by atoms with van der Waals surface area (Å²) >= 11 is 0. The Morgan fingerprint density at radius 2 is 1.96 bits per heavy atom. The quantitative estimate of drug-likeness (QED) is 0.530. The summed E-state index contributed by atoms with van der Waals surface area (Å²) in [6.07, 6.45) is 2.03. The minimum Gasteiger partial charge on any atom is -0.357 e. The molecule has 27 heavy (non-hydrogen) atoms. The van der Waals surface area contributed by atoms with Gasteiger partial charge in [-0.05, 0) is 37.2 Å². The summed E-state index contributed by atoms with van der Waals surface area (Å²) < 4.78 is 27.9. The molecule has 0 aliphatic rings. The third kappa shape index (κ3) is 6.41. The summed E-state index contributed by atoms with van der Waals surface area (Å²) in [6, 6.07) is 11.6. The molecule has 0 saturated carbocycles. The number of guanidine groups is 1. The Morgan fingerprint density at radius 3 is 2.59 bits per heavy atom. The molecule has 2 aromatic rings. The van der Waals surface area contributed by atoms with Gasteiger partial charge in [0.1, 0.15) is 0 Å². The average molecular weight is 392 g/mol. The van der Waals surface area contributed by atoms with Crippen LogP contribution in [0.2, 0.25) is 0 Å². The van der Waals surface area contributed by atoms with Crippen LogP contribution in [0, 0.1) is 0 Å². The second-order valence-corrected chi connectivity index (χ2v) is 8.35. The minimum atomic E-state index is -3.28. The molecule has 0 aliphatic carbocycles. The first-order valence-electron chi connectivity index (χ1n) is 8.93. The van der Waals surface area contributed by atoms with Crippen LogP contribution in [0.15, 0.2) is 47.6 Å². The molecule has 0 radical (unpaired) electrons. The van der Waals surface area contributed by atoms with Crippen LogP contribution in [0.3, 0.4) is 0 Å². The molecule has 0 bridgehead atoms. The monoisotopic (exact) mass is 391 g/mol. The Hall–Kier alpha value is -2.32. The fourth-order valence-corrected chi connectivity index (χ4v) is 3.49. The van der Waals surface area contributed by atoms with Crippen LogP contribution < -0.4 is 10.0 Å². The summed E-state index contributed by atoms with van der Waals surface area (Å²) in [6.45, 7) is 4.04. The van der Waals surface area contributed by atoms with Crippen LogP contribution in [0.5, 0.6) is 0 Å². The molecule has 1 heterocycles. The van der Waals surface area contributed by atoms with E-state index in [2.05, 4.69) is 25.6 Å². The van der Waals surface area contributed by atoms with Crippen molar-refractivity contribution in [2.45, 2.75) is 25.8 Å². The SMILES string of the molecule is CCNC(=NCc1cccc(CS(=O)(=O)NC)c1)N(C)Cc1cccn1C. The van der Waals surface area contributed by atoms with Crippen molar-refractivity contribution < 1.29 is 8.42 Å². The molecule has 1 aromatic carbocycles. The van der Waals surface area contributed by atoms with E-state index in [-0.39, 0.29) is 5.75 Å². The first-order chi connectivity index (χ1) is 12.8. The number of sulfonamides is 1. The number of benzene rings is 1. The van der Waals surface area contributed by atoms with Gasteiger partial charge in [-0.1, -0.05) is 24.3 Å². The molecule has 148 valence electrons. The van der Waals surface area contributed by atoms with E-state index in [1.165, 1.54) is 12.7 Å². The summed E-state index contributed by atoms with van der Waals surface area (Å²) in [5.41, 5.74) is 2.92. The molecule has 0 spiro atoms. The van der Waals surface area contributed by atoms with Gasteiger partial charge in [-0.15, -0.1) is 0 Å². The number of aromatic nitrogens is 1. The molecule has 8 heteroatoms. The van der Waals surface area contributed by atoms with Gasteiger partial charge in [0.25, 0.3) is 0 Å². The normalized spacial score (nSPS) is 12.2. The molecule has 0 aliphatic heterocycles. The molecular formula is C19H29N5O2S. The highest BCUT2D eigenvalue weighted by atomic mass is 32.2. The van der Waals surface area contributed by atoms with E-state index >= 15 is 0 Å². The van der Waals surface area contributed by atoms with Gasteiger partial charge >= 0.3 is 0 Å². The van der Waals surface area contributed by atoms with E-state index in [4.69, 9.17) is 4.99 Å². The maximum Gasteiger partial charge on any atom is 0.215 e. The van der Waals surface area contributed by atoms with Crippen molar-refractivity contribution in [2.24, 2.45) is 12.0 Å². The van der Waals surface area contributed by atoms with Crippen LogP contribution in [-0.4, -0.2) is 44.5 Å². The first-order valence-corrected chi connectivity index (χ1v) is 10.6. The van der Waals surface area contributed by atoms with E-state index < -0.39 is 10.0 Å². The van der Waals surface area contributed by atoms with Gasteiger partial charge in [0.2, 0.25) is 10.0 Å². The third-order valence-corrected chi connectivity index (χ3v) is 5.55. The van der Waals surface area contributed by atoms with Crippen molar-refractivity contribution in [1.82, 2.24) is 19.5 Å². The van der Waals surface area contributed by atoms with Gasteiger partial charge in [-0.3, -0.25) is 0 Å². The van der Waals surface area contributed by atoms with Gasteiger partial charge in [-0.2, -0.15) is 0 Å². The number of nitrogens with one attached hydrogen (secondary N) is 2. The fourth-order valence-electron chi connectivity index (χ4n) is 2.72. The lowest BCUT2D eigenvalue weighted by atomic mass is 10.1. The maximum absolute atomic E-state index is 11.7. The molecule has 2 rings (SSSR count). The molecule has 0 saturated heterocycles. The number of hydrogen-bond acceptors (Lipinski definition) is 3. The van der Waals surface area contributed by atoms with Crippen LogP contribution in [0.1, 0.15) is 23.7 Å². The van der Waals surface area contributed by atoms with Crippen LogP contribution in [0.25, 0.3) is 0 Å². The van der Waals surface area contributed by atoms with Crippen molar-refractivity contribution in [3.8, 4) is 0 Å². The number of hydrogen-bond donors (Lipinski definition) is 2. The van der Waals surface area contributed by atoms with Crippen molar-refractivity contribution in [3.05, 3.63) is 59.4 Å². The van der Waals surface area contributed by atoms with Crippen LogP contribution in [0.4, 0.5) is 0 Å². The molecule has 0 amide bonds. The Balaban J connectivity index is 2.11. The Kier molecular flexibility index (Phi) is 7.44. The van der Waals surface area contributed by atoms with Crippen molar-refractivity contribution in [3.63, 3.8) is 0 Å². The number of nitrogens with zero attached hydrogens (tertiary/aromatic N) is 3. The smallest absolute Gasteiger partial charge is 0.215 e. The Bertz CT molecular complexity index is 874. The lowest BCUT2D eigenvalue weighted by molar-refractivity contribution is 0.462. The minimum absolute atomic E-state index is 0.0332. The highest BCUT2D eigenvalue weighted by molar-refractivity contribution is 7.88. The second kappa shape index (κ2) is 9.57. The predicted molar refractivity (Wildman–Crippen MR) is 110 cm³/mol. The standard InChI is InChI=1S/C19H29N5O2S/c1-5-21-19(24(4)14-18-10-7-11-23(18)3)22-13-16-8-6-9-17(12-16)15-27(25,26)20-2/h6-12,20H,5,13-15H2,1-4H3,(H,21,22). The van der Waals surface area contributed by atoms with E-state index in [0.29, 0.717) is 6.54 Å². The van der Waals surface area contributed by atoms with Gasteiger partial charge in [-0.25, -0.2) is 18.1 Å². The Labute approximate surface area is 162 Å². The fraction of sp³-hybridized carbons (Fsp3) is 0.421. The lowest BCUT2D eigenvalue weighted by Crippen LogP contribution is -2.38. The van der Waals surface area contributed by atoms with E-state index in [1.54, 1.807) is 0 Å². The summed E-state index contributed by atoms with van der Waals surface area (Å²) in [4.78, 5) is 6.79. The maximum atomic E-state index is 11.7. The Morgan fingerprint density at radius 1 is 1.22 bits per heavy atom. The molecule has 0 unspecified atom stereocenters. The van der Waals surface area contributed by atoms with Gasteiger partial charge < -0.3 is 14.8 Å². The molecule has 2 N–H and O–H groups in total. The average Bonchev–Trinajstić information content (AvgIpc) is 3.03. The van der Waals surface area contributed by atoms with Crippen molar-refractivity contribution in [2.75, 3.05) is 20.6 Å². The largest absolute Gasteiger partial charge is 0.357 e. The van der Waals surface area contributed by atoms with E-state index in [0.717, 1.165) is 30.2 Å². The van der Waals surface area contributed by atoms with Crippen molar-refractivity contribution in [1.29, 1.82) is 0 Å². The number of aryl methyl sites for hydroxylation is 1. The van der Waals surface area contributed by atoms with E-state index in [1.807, 2.05) is 57.5 Å². The van der Waals surface area contributed by atoms with Gasteiger partial charge in [0.15, 0.2) is 5.96 Å². The third-order valence-electron chi connectivity index (χ3n) is 4.22. The number of aliphatic imine (C=N–C) groups is 1. The van der Waals surface area contributed by atoms with E-state index in [9.17, 15) is 8.42 Å². The van der Waals surface area contributed by atoms with Gasteiger partial charge in [0, 0.05) is 32.5 Å². The highest BCUT2D eigenvalue weighted by Gasteiger charge is 2.10. The molecule has 0 atom stereocenters. The highest BCUT2D eigenvalue weighted by Crippen LogP contribution is 2.10. The van der Waals surface area contributed by atoms with Crippen molar-refractivity contribution >= 4 is 16.0 Å². The molecule has 7 nitrogen and oxygen atoms in total. The summed E-state index contributed by atoms with van der Waals surface area (Å²) in [5.74, 6) is 0.779. The zero-order valence-corrected chi connectivity index (χ0v) is 17.3. The van der Waals surface area contributed by atoms with Gasteiger partial charge in [0.05, 0.1) is 18.8 Å². The zero-order valence-electron chi connectivity index (χ0n) is 16.4. The molecule has 0 fully saturated rings.